The van der Waals surface area contributed by atoms with E-state index in [2.05, 4.69) is 15.0 Å². The fourth-order valence-corrected chi connectivity index (χ4v) is 0.264. The Morgan fingerprint density at radius 2 is 2.00 bits per heavy atom. The average Bonchev–Trinajstić information content (AvgIpc) is 1.85. The van der Waals surface area contributed by atoms with Crippen LogP contribution in [0.4, 0.5) is 4.79 Å². The number of amides is 2. The van der Waals surface area contributed by atoms with Crippen molar-refractivity contribution in [2.24, 2.45) is 10.2 Å². The van der Waals surface area contributed by atoms with E-state index < -0.39 is 12.0 Å². The molecule has 5 heteroatoms. The molecule has 0 heterocycles. The standard InChI is InChI=1S/C5H8N2O3/c1-3-10-5(9)7-6-4(2)8/h3H2,1-2H3. The van der Waals surface area contributed by atoms with Crippen LogP contribution < -0.4 is 0 Å². The van der Waals surface area contributed by atoms with Crippen molar-refractivity contribution in [3.8, 4) is 0 Å². The molecule has 0 aromatic heterocycles. The Hall–Kier alpha value is -1.26. The Kier molecular flexibility index (Phi) is 4.02. The van der Waals surface area contributed by atoms with Crippen molar-refractivity contribution in [2.75, 3.05) is 6.61 Å². The Morgan fingerprint density at radius 1 is 1.40 bits per heavy atom. The maximum absolute atomic E-state index is 10.3. The van der Waals surface area contributed by atoms with Gasteiger partial charge in [-0.3, -0.25) is 4.79 Å². The van der Waals surface area contributed by atoms with E-state index in [0.717, 1.165) is 0 Å². The van der Waals surface area contributed by atoms with Crippen LogP contribution in [-0.2, 0) is 9.53 Å². The summed E-state index contributed by atoms with van der Waals surface area (Å²) in [6.45, 7) is 3.07. The smallest absolute Gasteiger partial charge is 0.447 e. The molecule has 0 aromatic carbocycles. The fraction of sp³-hybridized carbons (Fsp3) is 0.600. The molecule has 0 aliphatic heterocycles. The van der Waals surface area contributed by atoms with Gasteiger partial charge in [0.25, 0.3) is 5.91 Å². The molecule has 0 aliphatic rings. The highest BCUT2D eigenvalue weighted by molar-refractivity contribution is 5.76. The van der Waals surface area contributed by atoms with Crippen LogP contribution in [0.25, 0.3) is 0 Å². The first-order valence-electron chi connectivity index (χ1n) is 2.76. The summed E-state index contributed by atoms with van der Waals surface area (Å²) in [6, 6.07) is 0. The highest BCUT2D eigenvalue weighted by Gasteiger charge is 1.95. The van der Waals surface area contributed by atoms with Crippen LogP contribution in [-0.4, -0.2) is 18.6 Å². The summed E-state index contributed by atoms with van der Waals surface area (Å²) in [5.41, 5.74) is 0. The lowest BCUT2D eigenvalue weighted by atomic mass is 10.8. The molecule has 2 amide bonds. The molecule has 0 saturated carbocycles. The SMILES string of the molecule is CCOC(=O)N=NC(C)=O. The zero-order chi connectivity index (χ0) is 7.98. The Labute approximate surface area is 58.1 Å². The maximum Gasteiger partial charge on any atom is 0.452 e. The Bertz CT molecular complexity index is 164. The molecule has 56 valence electrons. The predicted octanol–water partition coefficient (Wildman–Crippen LogP) is 1.14. The number of hydrogen-bond acceptors (Lipinski definition) is 3. The van der Waals surface area contributed by atoms with Crippen LogP contribution in [0.1, 0.15) is 13.8 Å². The molecule has 0 bridgehead atoms. The third kappa shape index (κ3) is 4.89. The molecule has 0 spiro atoms. The number of nitrogens with zero attached hydrogens (tertiary/aromatic N) is 2. The van der Waals surface area contributed by atoms with Crippen LogP contribution in [0, 0.1) is 0 Å². The summed E-state index contributed by atoms with van der Waals surface area (Å²) in [5.74, 6) is -0.520. The van der Waals surface area contributed by atoms with Crippen LogP contribution in [0.15, 0.2) is 10.2 Å². The summed E-state index contributed by atoms with van der Waals surface area (Å²) in [5, 5.41) is 5.88. The second-order valence-corrected chi connectivity index (χ2v) is 1.42. The molecule has 0 aliphatic carbocycles. The van der Waals surface area contributed by atoms with Gasteiger partial charge in [0.05, 0.1) is 6.61 Å². The van der Waals surface area contributed by atoms with Crippen LogP contribution in [0.3, 0.4) is 0 Å². The van der Waals surface area contributed by atoms with Crippen molar-refractivity contribution in [3.05, 3.63) is 0 Å². The third-order valence-corrected chi connectivity index (χ3v) is 0.540. The van der Waals surface area contributed by atoms with Crippen molar-refractivity contribution in [1.29, 1.82) is 0 Å². The molecule has 0 N–H and O–H groups in total. The van der Waals surface area contributed by atoms with E-state index in [9.17, 15) is 9.59 Å². The van der Waals surface area contributed by atoms with Gasteiger partial charge in [-0.2, -0.15) is 0 Å². The van der Waals surface area contributed by atoms with Gasteiger partial charge in [-0.25, -0.2) is 4.79 Å². The first kappa shape index (κ1) is 8.74. The van der Waals surface area contributed by atoms with Gasteiger partial charge in [0.1, 0.15) is 0 Å². The molecular weight excluding hydrogens is 136 g/mol. The van der Waals surface area contributed by atoms with Gasteiger partial charge in [-0.1, -0.05) is 5.11 Å². The summed E-state index contributed by atoms with van der Waals surface area (Å²) in [6.07, 6.45) is -0.835. The minimum absolute atomic E-state index is 0.232. The van der Waals surface area contributed by atoms with Crippen molar-refractivity contribution < 1.29 is 14.3 Å². The van der Waals surface area contributed by atoms with E-state index in [0.29, 0.717) is 0 Å². The molecule has 0 atom stereocenters. The van der Waals surface area contributed by atoms with Crippen molar-refractivity contribution >= 4 is 12.0 Å². The number of azo groups is 1. The highest BCUT2D eigenvalue weighted by atomic mass is 16.5. The minimum Gasteiger partial charge on any atom is -0.447 e. The largest absolute Gasteiger partial charge is 0.452 e. The molecule has 0 saturated heterocycles. The first-order chi connectivity index (χ1) is 4.66. The minimum atomic E-state index is -0.835. The van der Waals surface area contributed by atoms with E-state index in [1.807, 2.05) is 0 Å². The summed E-state index contributed by atoms with van der Waals surface area (Å²) >= 11 is 0. The van der Waals surface area contributed by atoms with Crippen LogP contribution in [0.2, 0.25) is 0 Å². The van der Waals surface area contributed by atoms with E-state index in [1.165, 1.54) is 6.92 Å². The predicted molar refractivity (Wildman–Crippen MR) is 32.6 cm³/mol. The summed E-state index contributed by atoms with van der Waals surface area (Å²) < 4.78 is 4.34. The number of rotatable bonds is 1. The number of carbonyl (C=O) groups excluding carboxylic acids is 2. The van der Waals surface area contributed by atoms with E-state index in [4.69, 9.17) is 0 Å². The Balaban J connectivity index is 3.67. The molecule has 10 heavy (non-hydrogen) atoms. The van der Waals surface area contributed by atoms with E-state index >= 15 is 0 Å². The van der Waals surface area contributed by atoms with Gasteiger partial charge in [0, 0.05) is 6.92 Å². The number of hydrogen-bond donors (Lipinski definition) is 0. The topological polar surface area (TPSA) is 68.1 Å². The normalized spacial score (nSPS) is 9.80. The van der Waals surface area contributed by atoms with E-state index in [-0.39, 0.29) is 6.61 Å². The van der Waals surface area contributed by atoms with Crippen LogP contribution >= 0.6 is 0 Å². The monoisotopic (exact) mass is 144 g/mol. The van der Waals surface area contributed by atoms with Crippen molar-refractivity contribution in [3.63, 3.8) is 0 Å². The van der Waals surface area contributed by atoms with E-state index in [1.54, 1.807) is 6.92 Å². The molecule has 0 fully saturated rings. The van der Waals surface area contributed by atoms with Crippen LogP contribution in [0.5, 0.6) is 0 Å². The maximum atomic E-state index is 10.3. The zero-order valence-corrected chi connectivity index (χ0v) is 5.83. The molecule has 5 nitrogen and oxygen atoms in total. The lowest BCUT2D eigenvalue weighted by Gasteiger charge is -1.90. The van der Waals surface area contributed by atoms with Gasteiger partial charge >= 0.3 is 6.09 Å². The third-order valence-electron chi connectivity index (χ3n) is 0.540. The average molecular weight is 144 g/mol. The van der Waals surface area contributed by atoms with Gasteiger partial charge < -0.3 is 4.74 Å². The number of ether oxygens (including phenoxy) is 1. The second-order valence-electron chi connectivity index (χ2n) is 1.42. The lowest BCUT2D eigenvalue weighted by Crippen LogP contribution is -1.97. The second kappa shape index (κ2) is 4.60. The zero-order valence-electron chi connectivity index (χ0n) is 5.83. The summed E-state index contributed by atoms with van der Waals surface area (Å²) in [7, 11) is 0. The Morgan fingerprint density at radius 3 is 2.40 bits per heavy atom. The van der Waals surface area contributed by atoms with Gasteiger partial charge in [0.15, 0.2) is 0 Å². The fourth-order valence-electron chi connectivity index (χ4n) is 0.264. The first-order valence-corrected chi connectivity index (χ1v) is 2.76. The molecule has 0 unspecified atom stereocenters. The van der Waals surface area contributed by atoms with Gasteiger partial charge in [-0.05, 0) is 6.92 Å². The van der Waals surface area contributed by atoms with Crippen molar-refractivity contribution in [2.45, 2.75) is 13.8 Å². The molecule has 0 aromatic rings. The van der Waals surface area contributed by atoms with Crippen molar-refractivity contribution in [1.82, 2.24) is 0 Å². The lowest BCUT2D eigenvalue weighted by molar-refractivity contribution is -0.116. The molecular formula is C5H8N2O3. The van der Waals surface area contributed by atoms with Gasteiger partial charge in [0.2, 0.25) is 0 Å². The van der Waals surface area contributed by atoms with Gasteiger partial charge in [-0.15, -0.1) is 5.11 Å². The highest BCUT2D eigenvalue weighted by Crippen LogP contribution is 1.84. The quantitative estimate of drug-likeness (QED) is 0.518. The number of carbonyl (C=O) groups is 2. The molecule has 0 radical (unpaired) electrons. The summed E-state index contributed by atoms with van der Waals surface area (Å²) in [4.78, 5) is 20.4. The molecule has 0 rings (SSSR count).